The maximum atomic E-state index is 6.02. The van der Waals surface area contributed by atoms with E-state index in [1.807, 2.05) is 12.1 Å². The minimum absolute atomic E-state index is 0.624. The zero-order valence-corrected chi connectivity index (χ0v) is 12.9. The smallest absolute Gasteiger partial charge is 0.0406 e. The molecule has 0 radical (unpaired) electrons. The van der Waals surface area contributed by atoms with Gasteiger partial charge in [-0.15, -0.1) is 0 Å². The summed E-state index contributed by atoms with van der Waals surface area (Å²) >= 11 is 6.02. The normalized spacial score (nSPS) is 18.3. The molecule has 2 rings (SSSR count). The van der Waals surface area contributed by atoms with Gasteiger partial charge < -0.3 is 5.32 Å². The number of rotatable bonds is 8. The van der Waals surface area contributed by atoms with Crippen molar-refractivity contribution in [1.29, 1.82) is 0 Å². The Kier molecular flexibility index (Phi) is 5.72. The van der Waals surface area contributed by atoms with Crippen molar-refractivity contribution >= 4 is 11.6 Å². The lowest BCUT2D eigenvalue weighted by Crippen LogP contribution is -2.36. The second kappa shape index (κ2) is 7.31. The Morgan fingerprint density at radius 1 is 1.16 bits per heavy atom. The molecule has 1 saturated carbocycles. The summed E-state index contributed by atoms with van der Waals surface area (Å²) in [7, 11) is 0. The molecular weight excluding hydrogens is 254 g/mol. The van der Waals surface area contributed by atoms with Crippen LogP contribution in [-0.2, 0) is 0 Å². The summed E-state index contributed by atoms with van der Waals surface area (Å²) in [5, 5.41) is 4.61. The van der Waals surface area contributed by atoms with Crippen molar-refractivity contribution in [3.63, 3.8) is 0 Å². The molecule has 1 aliphatic carbocycles. The number of benzene rings is 1. The Labute approximate surface area is 122 Å². The van der Waals surface area contributed by atoms with Crippen LogP contribution >= 0.6 is 11.6 Å². The van der Waals surface area contributed by atoms with E-state index < -0.39 is 0 Å². The first-order valence-corrected chi connectivity index (χ1v) is 8.12. The SMILES string of the molecule is CCCNC(CCC)C(c1ccc(Cl)cc1)C1CC1. The highest BCUT2D eigenvalue weighted by atomic mass is 35.5. The number of halogens is 1. The van der Waals surface area contributed by atoms with Gasteiger partial charge in [-0.25, -0.2) is 0 Å². The highest BCUT2D eigenvalue weighted by molar-refractivity contribution is 6.30. The van der Waals surface area contributed by atoms with Gasteiger partial charge in [-0.1, -0.05) is 44.0 Å². The molecule has 0 heterocycles. The van der Waals surface area contributed by atoms with E-state index in [1.54, 1.807) is 0 Å². The summed E-state index contributed by atoms with van der Waals surface area (Å²) in [5.41, 5.74) is 1.47. The van der Waals surface area contributed by atoms with Crippen LogP contribution in [-0.4, -0.2) is 12.6 Å². The average molecular weight is 280 g/mol. The maximum Gasteiger partial charge on any atom is 0.0406 e. The van der Waals surface area contributed by atoms with Gasteiger partial charge in [0.25, 0.3) is 0 Å². The summed E-state index contributed by atoms with van der Waals surface area (Å²) in [5.74, 6) is 1.55. The zero-order chi connectivity index (χ0) is 13.7. The van der Waals surface area contributed by atoms with E-state index in [9.17, 15) is 0 Å². The predicted octanol–water partition coefficient (Wildman–Crippen LogP) is 5.00. The lowest BCUT2D eigenvalue weighted by atomic mass is 9.85. The van der Waals surface area contributed by atoms with Crippen LogP contribution in [0, 0.1) is 5.92 Å². The van der Waals surface area contributed by atoms with Gasteiger partial charge in [-0.05, 0) is 55.8 Å². The molecule has 1 nitrogen and oxygen atoms in total. The first kappa shape index (κ1) is 14.9. The van der Waals surface area contributed by atoms with Crippen molar-refractivity contribution in [1.82, 2.24) is 5.32 Å². The Hall–Kier alpha value is -0.530. The lowest BCUT2D eigenvalue weighted by molar-refractivity contribution is 0.376. The zero-order valence-electron chi connectivity index (χ0n) is 12.2. The van der Waals surface area contributed by atoms with Crippen molar-refractivity contribution in [3.05, 3.63) is 34.9 Å². The molecule has 106 valence electrons. The first-order chi connectivity index (χ1) is 9.26. The molecule has 1 aliphatic rings. The van der Waals surface area contributed by atoms with Crippen LogP contribution in [0.25, 0.3) is 0 Å². The number of hydrogen-bond acceptors (Lipinski definition) is 1. The Morgan fingerprint density at radius 2 is 1.84 bits per heavy atom. The van der Waals surface area contributed by atoms with E-state index >= 15 is 0 Å². The second-order valence-corrected chi connectivity index (χ2v) is 6.20. The molecule has 2 atom stereocenters. The van der Waals surface area contributed by atoms with Crippen LogP contribution in [0.3, 0.4) is 0 Å². The quantitative estimate of drug-likeness (QED) is 0.706. The molecule has 1 N–H and O–H groups in total. The molecule has 1 aromatic carbocycles. The van der Waals surface area contributed by atoms with Crippen molar-refractivity contribution in [2.45, 2.75) is 57.9 Å². The molecule has 2 heteroatoms. The molecule has 0 saturated heterocycles. The fourth-order valence-corrected chi connectivity index (χ4v) is 3.15. The van der Waals surface area contributed by atoms with E-state index in [4.69, 9.17) is 11.6 Å². The highest BCUT2D eigenvalue weighted by Crippen LogP contribution is 2.45. The van der Waals surface area contributed by atoms with Crippen LogP contribution in [0.1, 0.15) is 57.4 Å². The van der Waals surface area contributed by atoms with Gasteiger partial charge in [-0.3, -0.25) is 0 Å². The third-order valence-electron chi connectivity index (χ3n) is 4.07. The average Bonchev–Trinajstić information content (AvgIpc) is 3.23. The summed E-state index contributed by atoms with van der Waals surface area (Å²) < 4.78 is 0. The number of nitrogens with one attached hydrogen (secondary N) is 1. The molecule has 19 heavy (non-hydrogen) atoms. The van der Waals surface area contributed by atoms with Gasteiger partial charge in [0.1, 0.15) is 0 Å². The first-order valence-electron chi connectivity index (χ1n) is 7.75. The summed E-state index contributed by atoms with van der Waals surface area (Å²) in [6, 6.07) is 9.14. The standard InChI is InChI=1S/C17H26ClN/c1-3-5-16(19-12-4-2)17(13-6-7-13)14-8-10-15(18)11-9-14/h8-11,13,16-17,19H,3-7,12H2,1-2H3. The van der Waals surface area contributed by atoms with Crippen LogP contribution in [0.4, 0.5) is 0 Å². The van der Waals surface area contributed by atoms with Crippen LogP contribution < -0.4 is 5.32 Å². The third kappa shape index (κ3) is 4.22. The molecule has 0 bridgehead atoms. The summed E-state index contributed by atoms with van der Waals surface area (Å²) in [6.07, 6.45) is 6.50. The maximum absolute atomic E-state index is 6.02. The molecule has 0 amide bonds. The van der Waals surface area contributed by atoms with Gasteiger partial charge in [0.05, 0.1) is 0 Å². The topological polar surface area (TPSA) is 12.0 Å². The van der Waals surface area contributed by atoms with E-state index in [0.717, 1.165) is 17.5 Å². The van der Waals surface area contributed by atoms with E-state index in [0.29, 0.717) is 12.0 Å². The van der Waals surface area contributed by atoms with Crippen molar-refractivity contribution < 1.29 is 0 Å². The second-order valence-electron chi connectivity index (χ2n) is 5.76. The van der Waals surface area contributed by atoms with Crippen molar-refractivity contribution in [2.24, 2.45) is 5.92 Å². The van der Waals surface area contributed by atoms with E-state index in [2.05, 4.69) is 31.3 Å². The van der Waals surface area contributed by atoms with E-state index in [-0.39, 0.29) is 0 Å². The molecule has 1 aromatic rings. The molecule has 0 aromatic heterocycles. The van der Waals surface area contributed by atoms with Crippen LogP contribution in [0.5, 0.6) is 0 Å². The third-order valence-corrected chi connectivity index (χ3v) is 4.33. The minimum atomic E-state index is 0.624. The minimum Gasteiger partial charge on any atom is -0.313 e. The van der Waals surface area contributed by atoms with Gasteiger partial charge in [-0.2, -0.15) is 0 Å². The van der Waals surface area contributed by atoms with E-state index in [1.165, 1.54) is 37.7 Å². The van der Waals surface area contributed by atoms with Gasteiger partial charge in [0, 0.05) is 17.0 Å². The Morgan fingerprint density at radius 3 is 2.37 bits per heavy atom. The molecule has 0 spiro atoms. The largest absolute Gasteiger partial charge is 0.313 e. The molecule has 2 unspecified atom stereocenters. The Bertz CT molecular complexity index is 369. The van der Waals surface area contributed by atoms with Crippen molar-refractivity contribution in [3.8, 4) is 0 Å². The van der Waals surface area contributed by atoms with Gasteiger partial charge in [0.15, 0.2) is 0 Å². The van der Waals surface area contributed by atoms with Crippen LogP contribution in [0.2, 0.25) is 5.02 Å². The van der Waals surface area contributed by atoms with Gasteiger partial charge in [0.2, 0.25) is 0 Å². The lowest BCUT2D eigenvalue weighted by Gasteiger charge is -2.29. The molecular formula is C17H26ClN. The summed E-state index contributed by atoms with van der Waals surface area (Å²) in [6.45, 7) is 5.65. The number of hydrogen-bond donors (Lipinski definition) is 1. The highest BCUT2D eigenvalue weighted by Gasteiger charge is 2.36. The predicted molar refractivity (Wildman–Crippen MR) is 83.9 cm³/mol. The fourth-order valence-electron chi connectivity index (χ4n) is 3.02. The van der Waals surface area contributed by atoms with Gasteiger partial charge >= 0.3 is 0 Å². The summed E-state index contributed by atoms with van der Waals surface area (Å²) in [4.78, 5) is 0. The Balaban J connectivity index is 2.14. The molecule has 1 fully saturated rings. The van der Waals surface area contributed by atoms with Crippen LogP contribution in [0.15, 0.2) is 24.3 Å². The fraction of sp³-hybridized carbons (Fsp3) is 0.647. The molecule has 0 aliphatic heterocycles. The monoisotopic (exact) mass is 279 g/mol. The van der Waals surface area contributed by atoms with Crippen molar-refractivity contribution in [2.75, 3.05) is 6.54 Å².